The summed E-state index contributed by atoms with van der Waals surface area (Å²) >= 11 is 0. The number of carboxylic acid groups (broad SMARTS) is 1. The van der Waals surface area contributed by atoms with Crippen LogP contribution in [0.3, 0.4) is 0 Å². The van der Waals surface area contributed by atoms with Gasteiger partial charge in [-0.05, 0) is 73.5 Å². The van der Waals surface area contributed by atoms with Crippen LogP contribution in [-0.4, -0.2) is 54.7 Å². The molecule has 1 heterocycles. The summed E-state index contributed by atoms with van der Waals surface area (Å²) in [7, 11) is 1.61. The number of nitrogens with zero attached hydrogens (tertiary/aromatic N) is 1. The molecule has 1 amide bonds. The molecular formula is C33H40N2O4. The Morgan fingerprint density at radius 3 is 2.28 bits per heavy atom. The van der Waals surface area contributed by atoms with E-state index in [4.69, 9.17) is 4.74 Å². The number of carbonyl (C=O) groups excluding carboxylic acids is 1. The maximum atomic E-state index is 13.4. The number of methoxy groups -OCH3 is 1. The predicted octanol–water partition coefficient (Wildman–Crippen LogP) is 6.16. The number of nitrogens with one attached hydrogen (secondary N) is 1. The van der Waals surface area contributed by atoms with Crippen LogP contribution in [0.1, 0.15) is 61.4 Å². The summed E-state index contributed by atoms with van der Waals surface area (Å²) in [5, 5.41) is 12.9. The number of piperidine rings is 1. The number of hydrogen-bond acceptors (Lipinski definition) is 4. The van der Waals surface area contributed by atoms with E-state index < -0.39 is 5.97 Å². The number of aliphatic carboxylic acids is 1. The smallest absolute Gasteiger partial charge is 0.304 e. The van der Waals surface area contributed by atoms with Crippen molar-refractivity contribution in [1.82, 2.24) is 10.2 Å². The van der Waals surface area contributed by atoms with Gasteiger partial charge in [0.1, 0.15) is 5.75 Å². The van der Waals surface area contributed by atoms with E-state index >= 15 is 0 Å². The Morgan fingerprint density at radius 1 is 1.00 bits per heavy atom. The fourth-order valence-corrected chi connectivity index (χ4v) is 5.83. The molecule has 6 heteroatoms. The SMILES string of the molecule is CCC(CCCN1CCC(NC(=O)c2cc(OC)ccc2-c2ccccc2)CC1)(CC(=O)O)c1ccccc1. The largest absolute Gasteiger partial charge is 0.497 e. The fourth-order valence-electron chi connectivity index (χ4n) is 5.83. The molecule has 1 aliphatic rings. The summed E-state index contributed by atoms with van der Waals surface area (Å²) in [6, 6.07) is 25.8. The minimum Gasteiger partial charge on any atom is -0.497 e. The van der Waals surface area contributed by atoms with Crippen LogP contribution >= 0.6 is 0 Å². The molecule has 3 aromatic rings. The molecule has 0 bridgehead atoms. The lowest BCUT2D eigenvalue weighted by molar-refractivity contribution is -0.138. The molecule has 1 atom stereocenters. The molecule has 0 aromatic heterocycles. The minimum absolute atomic E-state index is 0.0736. The maximum absolute atomic E-state index is 13.4. The lowest BCUT2D eigenvalue weighted by atomic mass is 9.72. The van der Waals surface area contributed by atoms with Gasteiger partial charge in [-0.3, -0.25) is 9.59 Å². The summed E-state index contributed by atoms with van der Waals surface area (Å²) in [6.45, 7) is 4.86. The third kappa shape index (κ3) is 7.27. The van der Waals surface area contributed by atoms with Crippen molar-refractivity contribution >= 4 is 11.9 Å². The number of hydrogen-bond donors (Lipinski definition) is 2. The van der Waals surface area contributed by atoms with Gasteiger partial charge >= 0.3 is 5.97 Å². The summed E-state index contributed by atoms with van der Waals surface area (Å²) in [5.41, 5.74) is 3.29. The number of carbonyl (C=O) groups is 2. The van der Waals surface area contributed by atoms with Gasteiger partial charge in [0.2, 0.25) is 0 Å². The van der Waals surface area contributed by atoms with Crippen LogP contribution in [-0.2, 0) is 10.2 Å². The van der Waals surface area contributed by atoms with Crippen LogP contribution < -0.4 is 10.1 Å². The number of ether oxygens (including phenoxy) is 1. The van der Waals surface area contributed by atoms with Crippen LogP contribution in [0.4, 0.5) is 0 Å². The molecule has 6 nitrogen and oxygen atoms in total. The Labute approximate surface area is 232 Å². The first-order chi connectivity index (χ1) is 18.9. The van der Waals surface area contributed by atoms with E-state index in [-0.39, 0.29) is 23.8 Å². The van der Waals surface area contributed by atoms with Crippen molar-refractivity contribution in [2.75, 3.05) is 26.7 Å². The van der Waals surface area contributed by atoms with Gasteiger partial charge in [0.25, 0.3) is 5.91 Å². The molecule has 39 heavy (non-hydrogen) atoms. The molecule has 0 radical (unpaired) electrons. The van der Waals surface area contributed by atoms with Crippen molar-refractivity contribution in [3.05, 3.63) is 90.0 Å². The van der Waals surface area contributed by atoms with Crippen LogP contribution in [0.5, 0.6) is 5.75 Å². The average Bonchev–Trinajstić information content (AvgIpc) is 2.98. The predicted molar refractivity (Wildman–Crippen MR) is 155 cm³/mol. The van der Waals surface area contributed by atoms with Crippen molar-refractivity contribution in [2.45, 2.75) is 56.9 Å². The zero-order chi connectivity index (χ0) is 27.7. The molecule has 2 N–H and O–H groups in total. The minimum atomic E-state index is -0.747. The Morgan fingerprint density at radius 2 is 1.67 bits per heavy atom. The second kappa shape index (κ2) is 13.4. The van der Waals surface area contributed by atoms with Crippen molar-refractivity contribution in [2.24, 2.45) is 0 Å². The molecule has 3 aromatic carbocycles. The topological polar surface area (TPSA) is 78.9 Å². The highest BCUT2D eigenvalue weighted by molar-refractivity contribution is 6.01. The zero-order valence-corrected chi connectivity index (χ0v) is 23.1. The normalized spacial score (nSPS) is 15.8. The summed E-state index contributed by atoms with van der Waals surface area (Å²) in [6.07, 6.45) is 4.52. The highest BCUT2D eigenvalue weighted by Gasteiger charge is 2.33. The van der Waals surface area contributed by atoms with Crippen LogP contribution in [0.2, 0.25) is 0 Å². The molecule has 0 saturated carbocycles. The standard InChI is InChI=1S/C33H40N2O4/c1-3-33(24-31(36)37,26-13-8-5-9-14-26)19-10-20-35-21-17-27(18-22-35)34-32(38)30-23-28(39-2)15-16-29(30)25-11-6-4-7-12-25/h4-9,11-16,23,27H,3,10,17-22,24H2,1-2H3,(H,34,38)(H,36,37). The highest BCUT2D eigenvalue weighted by Crippen LogP contribution is 2.37. The van der Waals surface area contributed by atoms with E-state index in [0.29, 0.717) is 11.3 Å². The molecule has 1 aliphatic heterocycles. The monoisotopic (exact) mass is 528 g/mol. The van der Waals surface area contributed by atoms with Gasteiger partial charge in [-0.2, -0.15) is 0 Å². The second-order valence-corrected chi connectivity index (χ2v) is 10.5. The number of likely N-dealkylation sites (tertiary alicyclic amines) is 1. The Hall–Kier alpha value is -3.64. The molecular weight excluding hydrogens is 488 g/mol. The summed E-state index contributed by atoms with van der Waals surface area (Å²) in [5.74, 6) is -0.157. The van der Waals surface area contributed by atoms with Gasteiger partial charge in [0, 0.05) is 24.5 Å². The van der Waals surface area contributed by atoms with E-state index in [1.807, 2.05) is 66.7 Å². The van der Waals surface area contributed by atoms with Crippen molar-refractivity contribution in [3.63, 3.8) is 0 Å². The van der Waals surface area contributed by atoms with Crippen molar-refractivity contribution in [1.29, 1.82) is 0 Å². The molecule has 1 saturated heterocycles. The lowest BCUT2D eigenvalue weighted by Gasteiger charge is -2.35. The average molecular weight is 529 g/mol. The third-order valence-corrected chi connectivity index (χ3v) is 8.16. The first-order valence-corrected chi connectivity index (χ1v) is 14.0. The molecule has 4 rings (SSSR count). The number of amides is 1. The Kier molecular flexibility index (Phi) is 9.77. The summed E-state index contributed by atoms with van der Waals surface area (Å²) in [4.78, 5) is 27.5. The molecule has 1 unspecified atom stereocenters. The van der Waals surface area contributed by atoms with Crippen molar-refractivity contribution < 1.29 is 19.4 Å². The molecule has 0 spiro atoms. The van der Waals surface area contributed by atoms with Crippen LogP contribution in [0.25, 0.3) is 11.1 Å². The number of rotatable bonds is 12. The van der Waals surface area contributed by atoms with Gasteiger partial charge in [0.15, 0.2) is 0 Å². The number of benzene rings is 3. The summed E-state index contributed by atoms with van der Waals surface area (Å²) < 4.78 is 5.40. The van der Waals surface area contributed by atoms with Crippen LogP contribution in [0.15, 0.2) is 78.9 Å². The van der Waals surface area contributed by atoms with Crippen LogP contribution in [0, 0.1) is 0 Å². The van der Waals surface area contributed by atoms with E-state index in [0.717, 1.165) is 68.4 Å². The van der Waals surface area contributed by atoms with Gasteiger partial charge < -0.3 is 20.1 Å². The Bertz CT molecular complexity index is 1220. The highest BCUT2D eigenvalue weighted by atomic mass is 16.5. The van der Waals surface area contributed by atoms with Gasteiger partial charge in [-0.1, -0.05) is 67.6 Å². The van der Waals surface area contributed by atoms with Crippen molar-refractivity contribution in [3.8, 4) is 16.9 Å². The quantitative estimate of drug-likeness (QED) is 0.294. The molecule has 1 fully saturated rings. The third-order valence-electron chi connectivity index (χ3n) is 8.16. The first kappa shape index (κ1) is 28.4. The van der Waals surface area contributed by atoms with E-state index in [1.165, 1.54) is 0 Å². The van der Waals surface area contributed by atoms with E-state index in [9.17, 15) is 14.7 Å². The second-order valence-electron chi connectivity index (χ2n) is 10.5. The van der Waals surface area contributed by atoms with Gasteiger partial charge in [-0.25, -0.2) is 0 Å². The lowest BCUT2D eigenvalue weighted by Crippen LogP contribution is -2.45. The zero-order valence-electron chi connectivity index (χ0n) is 23.1. The number of carboxylic acids is 1. The van der Waals surface area contributed by atoms with Gasteiger partial charge in [0.05, 0.1) is 19.1 Å². The van der Waals surface area contributed by atoms with E-state index in [1.54, 1.807) is 7.11 Å². The molecule has 0 aliphatic carbocycles. The Balaban J connectivity index is 1.33. The first-order valence-electron chi connectivity index (χ1n) is 14.0. The maximum Gasteiger partial charge on any atom is 0.304 e. The van der Waals surface area contributed by atoms with Gasteiger partial charge in [-0.15, -0.1) is 0 Å². The fraction of sp³-hybridized carbons (Fsp3) is 0.394. The molecule has 206 valence electrons. The van der Waals surface area contributed by atoms with E-state index in [2.05, 4.69) is 29.3 Å².